The van der Waals surface area contributed by atoms with Gasteiger partial charge in [-0.05, 0) is 46.5 Å². The van der Waals surface area contributed by atoms with Crippen LogP contribution in [-0.4, -0.2) is 56.1 Å². The van der Waals surface area contributed by atoms with Crippen LogP contribution in [0.1, 0.15) is 28.3 Å². The van der Waals surface area contributed by atoms with Crippen LogP contribution < -0.4 is 19.5 Å². The lowest BCUT2D eigenvalue weighted by Crippen LogP contribution is -2.47. The minimum absolute atomic E-state index is 0.00804. The van der Waals surface area contributed by atoms with Crippen LogP contribution in [0.25, 0.3) is 0 Å². The van der Waals surface area contributed by atoms with Crippen molar-refractivity contribution in [2.24, 2.45) is 0 Å². The van der Waals surface area contributed by atoms with Crippen LogP contribution in [0, 0.1) is 0 Å². The molecule has 0 saturated carbocycles. The molecule has 1 heterocycles. The van der Waals surface area contributed by atoms with Gasteiger partial charge in [-0.25, -0.2) is 8.42 Å². The van der Waals surface area contributed by atoms with E-state index in [1.165, 1.54) is 4.90 Å². The highest BCUT2D eigenvalue weighted by atomic mass is 32.2. The topological polar surface area (TPSA) is 114 Å². The van der Waals surface area contributed by atoms with E-state index in [1.54, 1.807) is 67.8 Å². The predicted molar refractivity (Wildman–Crippen MR) is 169 cm³/mol. The largest absolute Gasteiger partial charge is 0.497 e. The molecule has 2 amide bonds. The second-order valence-corrected chi connectivity index (χ2v) is 12.6. The molecule has 0 aliphatic carbocycles. The minimum Gasteiger partial charge on any atom is -0.497 e. The first-order valence-corrected chi connectivity index (χ1v) is 16.2. The number of amides is 2. The van der Waals surface area contributed by atoms with Crippen LogP contribution >= 0.6 is 0 Å². The SMILES string of the molecule is COc1ccc(CN(C(=O)CN(Cc2ccccc2)S(C)(=O)=O)[C@H](C(=O)NCc2ccc3c(c2)OCO3)c2ccccc2)cc1. The fraction of sp³-hybridized carbons (Fsp3) is 0.235. The lowest BCUT2D eigenvalue weighted by molar-refractivity contribution is -0.141. The van der Waals surface area contributed by atoms with Gasteiger partial charge in [0.2, 0.25) is 28.6 Å². The van der Waals surface area contributed by atoms with Gasteiger partial charge in [0, 0.05) is 19.6 Å². The summed E-state index contributed by atoms with van der Waals surface area (Å²) in [6.07, 6.45) is 1.07. The van der Waals surface area contributed by atoms with Crippen molar-refractivity contribution in [1.82, 2.24) is 14.5 Å². The summed E-state index contributed by atoms with van der Waals surface area (Å²) in [6, 6.07) is 29.5. The molecule has 10 nitrogen and oxygen atoms in total. The minimum atomic E-state index is -3.79. The molecule has 4 aromatic carbocycles. The van der Waals surface area contributed by atoms with E-state index >= 15 is 0 Å². The van der Waals surface area contributed by atoms with E-state index in [0.29, 0.717) is 22.8 Å². The fourth-order valence-electron chi connectivity index (χ4n) is 5.02. The van der Waals surface area contributed by atoms with Gasteiger partial charge in [0.15, 0.2) is 11.5 Å². The average molecular weight is 630 g/mol. The zero-order chi connectivity index (χ0) is 31.8. The van der Waals surface area contributed by atoms with Gasteiger partial charge < -0.3 is 24.4 Å². The Morgan fingerprint density at radius 2 is 1.44 bits per heavy atom. The van der Waals surface area contributed by atoms with Crippen LogP contribution in [-0.2, 0) is 39.2 Å². The molecule has 0 spiro atoms. The standard InChI is InChI=1S/C34H35N3O7S/c1-42-29-16-13-26(14-17-29)22-37(32(38)23-36(45(2,40)41)21-25-9-5-3-6-10-25)33(28-11-7-4-8-12-28)34(39)35-20-27-15-18-30-31(19-27)44-24-43-30/h3-19,33H,20-24H2,1-2H3,(H,35,39)/t33-/m0/s1. The Kier molecular flexibility index (Phi) is 10.0. The first-order valence-electron chi connectivity index (χ1n) is 14.3. The highest BCUT2D eigenvalue weighted by Gasteiger charge is 2.34. The third-order valence-electron chi connectivity index (χ3n) is 7.39. The lowest BCUT2D eigenvalue weighted by atomic mass is 10.0. The van der Waals surface area contributed by atoms with Crippen LogP contribution in [0.3, 0.4) is 0 Å². The zero-order valence-electron chi connectivity index (χ0n) is 25.1. The van der Waals surface area contributed by atoms with E-state index in [2.05, 4.69) is 5.32 Å². The maximum absolute atomic E-state index is 14.2. The van der Waals surface area contributed by atoms with Crippen molar-refractivity contribution in [1.29, 1.82) is 0 Å². The van der Waals surface area contributed by atoms with E-state index < -0.39 is 34.4 Å². The number of fused-ring (bicyclic) bond motifs is 1. The molecule has 45 heavy (non-hydrogen) atoms. The number of carbonyl (C=O) groups excluding carboxylic acids is 2. The summed E-state index contributed by atoms with van der Waals surface area (Å²) in [5.41, 5.74) is 2.84. The zero-order valence-corrected chi connectivity index (χ0v) is 25.9. The Labute approximate surface area is 263 Å². The van der Waals surface area contributed by atoms with Crippen molar-refractivity contribution in [2.75, 3.05) is 26.7 Å². The molecule has 11 heteroatoms. The molecule has 1 N–H and O–H groups in total. The quantitative estimate of drug-likeness (QED) is 0.235. The molecule has 4 aromatic rings. The molecule has 1 aliphatic rings. The van der Waals surface area contributed by atoms with Crippen molar-refractivity contribution >= 4 is 21.8 Å². The maximum atomic E-state index is 14.2. The molecule has 234 valence electrons. The molecule has 5 rings (SSSR count). The summed E-state index contributed by atoms with van der Waals surface area (Å²) >= 11 is 0. The number of nitrogens with one attached hydrogen (secondary N) is 1. The summed E-state index contributed by atoms with van der Waals surface area (Å²) < 4.78 is 43.0. The monoisotopic (exact) mass is 629 g/mol. The second kappa shape index (κ2) is 14.3. The van der Waals surface area contributed by atoms with E-state index in [9.17, 15) is 18.0 Å². The van der Waals surface area contributed by atoms with Gasteiger partial charge in [-0.1, -0.05) is 78.9 Å². The maximum Gasteiger partial charge on any atom is 0.247 e. The number of sulfonamides is 1. The van der Waals surface area contributed by atoms with Crippen molar-refractivity contribution in [3.63, 3.8) is 0 Å². The molecular formula is C34H35N3O7S. The van der Waals surface area contributed by atoms with Crippen molar-refractivity contribution in [2.45, 2.75) is 25.7 Å². The molecule has 0 bridgehead atoms. The van der Waals surface area contributed by atoms with E-state index in [0.717, 1.165) is 27.3 Å². The normalized spacial score (nSPS) is 12.9. The smallest absolute Gasteiger partial charge is 0.247 e. The van der Waals surface area contributed by atoms with Crippen molar-refractivity contribution in [3.8, 4) is 17.2 Å². The molecule has 0 aromatic heterocycles. The summed E-state index contributed by atoms with van der Waals surface area (Å²) in [7, 11) is -2.23. The Morgan fingerprint density at radius 3 is 2.11 bits per heavy atom. The molecule has 1 aliphatic heterocycles. The molecule has 0 fully saturated rings. The number of methoxy groups -OCH3 is 1. The van der Waals surface area contributed by atoms with Gasteiger partial charge in [-0.15, -0.1) is 0 Å². The first kappa shape index (κ1) is 31.6. The number of benzene rings is 4. The van der Waals surface area contributed by atoms with Crippen molar-refractivity contribution < 1.29 is 32.2 Å². The van der Waals surface area contributed by atoms with Gasteiger partial charge in [0.25, 0.3) is 0 Å². The molecular weight excluding hydrogens is 594 g/mol. The van der Waals surface area contributed by atoms with Crippen LogP contribution in [0.2, 0.25) is 0 Å². The fourth-order valence-corrected chi connectivity index (χ4v) is 5.74. The Balaban J connectivity index is 1.47. The summed E-state index contributed by atoms with van der Waals surface area (Å²) in [5, 5.41) is 2.97. The van der Waals surface area contributed by atoms with E-state index in [1.807, 2.05) is 42.5 Å². The van der Waals surface area contributed by atoms with Gasteiger partial charge in [-0.2, -0.15) is 4.31 Å². The van der Waals surface area contributed by atoms with Gasteiger partial charge in [-0.3, -0.25) is 9.59 Å². The van der Waals surface area contributed by atoms with E-state index in [-0.39, 0.29) is 26.4 Å². The summed E-state index contributed by atoms with van der Waals surface area (Å²) in [5.74, 6) is 0.921. The number of rotatable bonds is 13. The van der Waals surface area contributed by atoms with E-state index in [4.69, 9.17) is 14.2 Å². The molecule has 0 saturated heterocycles. The van der Waals surface area contributed by atoms with Gasteiger partial charge >= 0.3 is 0 Å². The molecule has 0 radical (unpaired) electrons. The molecule has 0 unspecified atom stereocenters. The Bertz CT molecular complexity index is 1720. The number of nitrogens with zero attached hydrogens (tertiary/aromatic N) is 2. The van der Waals surface area contributed by atoms with Gasteiger partial charge in [0.1, 0.15) is 11.8 Å². The molecule has 1 atom stereocenters. The average Bonchev–Trinajstić information content (AvgIpc) is 3.52. The van der Waals surface area contributed by atoms with Crippen LogP contribution in [0.4, 0.5) is 0 Å². The number of ether oxygens (including phenoxy) is 3. The Morgan fingerprint density at radius 1 is 0.822 bits per heavy atom. The number of hydrogen-bond acceptors (Lipinski definition) is 7. The number of hydrogen-bond donors (Lipinski definition) is 1. The summed E-state index contributed by atoms with van der Waals surface area (Å²) in [4.78, 5) is 29.7. The van der Waals surface area contributed by atoms with Crippen LogP contribution in [0.5, 0.6) is 17.2 Å². The third-order valence-corrected chi connectivity index (χ3v) is 8.59. The predicted octanol–water partition coefficient (Wildman–Crippen LogP) is 4.27. The van der Waals surface area contributed by atoms with Crippen molar-refractivity contribution in [3.05, 3.63) is 125 Å². The third kappa shape index (κ3) is 8.20. The highest BCUT2D eigenvalue weighted by molar-refractivity contribution is 7.88. The number of carbonyl (C=O) groups is 2. The first-order chi connectivity index (χ1) is 21.7. The lowest BCUT2D eigenvalue weighted by Gasteiger charge is -2.33. The Hall–Kier alpha value is -4.87. The second-order valence-electron chi connectivity index (χ2n) is 10.6. The summed E-state index contributed by atoms with van der Waals surface area (Å²) in [6.45, 7) is -0.0925. The highest BCUT2D eigenvalue weighted by Crippen LogP contribution is 2.32. The van der Waals surface area contributed by atoms with Crippen LogP contribution in [0.15, 0.2) is 103 Å². The van der Waals surface area contributed by atoms with Gasteiger partial charge in [0.05, 0.1) is 19.9 Å².